The molecule has 1 aromatic carbocycles. The summed E-state index contributed by atoms with van der Waals surface area (Å²) in [5.74, 6) is 0.740. The van der Waals surface area contributed by atoms with Crippen molar-refractivity contribution in [2.24, 2.45) is 5.92 Å². The van der Waals surface area contributed by atoms with Crippen LogP contribution in [-0.4, -0.2) is 36.2 Å². The molecule has 1 atom stereocenters. The summed E-state index contributed by atoms with van der Waals surface area (Å²) in [7, 11) is 0. The summed E-state index contributed by atoms with van der Waals surface area (Å²) in [5.41, 5.74) is 1.46. The number of hydrogen-bond donors (Lipinski definition) is 1. The van der Waals surface area contributed by atoms with Crippen LogP contribution in [0, 0.1) is 5.92 Å². The maximum absolute atomic E-state index is 8.93. The molecule has 2 rings (SSSR count). The third kappa shape index (κ3) is 4.43. The number of aliphatic hydroxyl groups is 1. The van der Waals surface area contributed by atoms with Crippen LogP contribution in [0.15, 0.2) is 30.3 Å². The third-order valence-corrected chi connectivity index (χ3v) is 3.94. The molecular weight excluding hydrogens is 222 g/mol. The van der Waals surface area contributed by atoms with Gasteiger partial charge in [0.05, 0.1) is 0 Å². The highest BCUT2D eigenvalue weighted by Gasteiger charge is 2.20. The molecule has 1 fully saturated rings. The molecule has 0 aromatic heterocycles. The fourth-order valence-corrected chi connectivity index (χ4v) is 2.84. The van der Waals surface area contributed by atoms with E-state index in [1.54, 1.807) is 0 Å². The quantitative estimate of drug-likeness (QED) is 0.749. The second-order valence-electron chi connectivity index (χ2n) is 5.41. The molecule has 2 nitrogen and oxygen atoms in total. The number of hydrogen-bond acceptors (Lipinski definition) is 2. The van der Waals surface area contributed by atoms with Crippen molar-refractivity contribution < 1.29 is 5.11 Å². The van der Waals surface area contributed by atoms with Crippen molar-refractivity contribution in [2.75, 3.05) is 26.2 Å². The number of unbranched alkanes of at least 4 members (excludes halogenated alkanes) is 1. The molecule has 0 spiro atoms. The lowest BCUT2D eigenvalue weighted by Crippen LogP contribution is -2.22. The molecule has 1 N–H and O–H groups in total. The first kappa shape index (κ1) is 13.6. The lowest BCUT2D eigenvalue weighted by molar-refractivity contribution is 0.250. The molecule has 18 heavy (non-hydrogen) atoms. The number of aryl methyl sites for hydroxylation is 1. The molecule has 0 amide bonds. The van der Waals surface area contributed by atoms with Crippen molar-refractivity contribution >= 4 is 0 Å². The standard InChI is InChI=1S/C16H25NO/c18-13-10-16-9-12-17(14-16)11-5-4-8-15-6-2-1-3-7-15/h1-3,6-7,16,18H,4-5,8-14H2. The minimum absolute atomic E-state index is 0.354. The highest BCUT2D eigenvalue weighted by Crippen LogP contribution is 2.19. The molecule has 2 heteroatoms. The Morgan fingerprint density at radius 3 is 2.78 bits per heavy atom. The average Bonchev–Trinajstić information content (AvgIpc) is 2.84. The van der Waals surface area contributed by atoms with Crippen molar-refractivity contribution in [3.8, 4) is 0 Å². The number of benzene rings is 1. The summed E-state index contributed by atoms with van der Waals surface area (Å²) < 4.78 is 0. The van der Waals surface area contributed by atoms with Crippen LogP contribution >= 0.6 is 0 Å². The number of rotatable bonds is 7. The van der Waals surface area contributed by atoms with Crippen LogP contribution < -0.4 is 0 Å². The van der Waals surface area contributed by atoms with Gasteiger partial charge in [0.15, 0.2) is 0 Å². The van der Waals surface area contributed by atoms with Gasteiger partial charge in [-0.15, -0.1) is 0 Å². The van der Waals surface area contributed by atoms with Gasteiger partial charge in [-0.25, -0.2) is 0 Å². The molecule has 1 aliphatic rings. The second-order valence-corrected chi connectivity index (χ2v) is 5.41. The smallest absolute Gasteiger partial charge is 0.0434 e. The lowest BCUT2D eigenvalue weighted by Gasteiger charge is -2.15. The Labute approximate surface area is 111 Å². The van der Waals surface area contributed by atoms with Crippen molar-refractivity contribution in [3.05, 3.63) is 35.9 Å². The van der Waals surface area contributed by atoms with E-state index in [1.165, 1.54) is 50.9 Å². The Balaban J connectivity index is 1.56. The summed E-state index contributed by atoms with van der Waals surface area (Å²) in [6.07, 6.45) is 6.04. The number of likely N-dealkylation sites (tertiary alicyclic amines) is 1. The van der Waals surface area contributed by atoms with Gasteiger partial charge in [-0.3, -0.25) is 0 Å². The molecule has 0 bridgehead atoms. The van der Waals surface area contributed by atoms with Gasteiger partial charge in [0.2, 0.25) is 0 Å². The highest BCUT2D eigenvalue weighted by atomic mass is 16.3. The van der Waals surface area contributed by atoms with Gasteiger partial charge in [-0.05, 0) is 56.7 Å². The van der Waals surface area contributed by atoms with E-state index in [9.17, 15) is 0 Å². The van der Waals surface area contributed by atoms with Gasteiger partial charge < -0.3 is 10.0 Å². The van der Waals surface area contributed by atoms with Gasteiger partial charge in [0, 0.05) is 13.2 Å². The number of nitrogens with zero attached hydrogens (tertiary/aromatic N) is 1. The van der Waals surface area contributed by atoms with Crippen LogP contribution in [0.1, 0.15) is 31.2 Å². The maximum atomic E-state index is 8.93. The van der Waals surface area contributed by atoms with Crippen LogP contribution in [0.25, 0.3) is 0 Å². The largest absolute Gasteiger partial charge is 0.396 e. The second kappa shape index (κ2) is 7.55. The zero-order valence-electron chi connectivity index (χ0n) is 11.2. The van der Waals surface area contributed by atoms with E-state index in [0.29, 0.717) is 6.61 Å². The Morgan fingerprint density at radius 1 is 1.17 bits per heavy atom. The van der Waals surface area contributed by atoms with E-state index < -0.39 is 0 Å². The highest BCUT2D eigenvalue weighted by molar-refractivity contribution is 5.14. The lowest BCUT2D eigenvalue weighted by atomic mass is 10.1. The normalized spacial score (nSPS) is 20.4. The topological polar surface area (TPSA) is 23.5 Å². The average molecular weight is 247 g/mol. The van der Waals surface area contributed by atoms with Gasteiger partial charge >= 0.3 is 0 Å². The van der Waals surface area contributed by atoms with Gasteiger partial charge in [0.1, 0.15) is 0 Å². The summed E-state index contributed by atoms with van der Waals surface area (Å²) in [4.78, 5) is 2.56. The third-order valence-electron chi connectivity index (χ3n) is 3.94. The van der Waals surface area contributed by atoms with Crippen LogP contribution in [0.5, 0.6) is 0 Å². The van der Waals surface area contributed by atoms with E-state index in [2.05, 4.69) is 35.2 Å². The Bertz CT molecular complexity index is 325. The van der Waals surface area contributed by atoms with Crippen molar-refractivity contribution in [2.45, 2.75) is 32.1 Å². The molecule has 1 heterocycles. The molecule has 100 valence electrons. The van der Waals surface area contributed by atoms with Crippen LogP contribution in [0.2, 0.25) is 0 Å². The maximum Gasteiger partial charge on any atom is 0.0434 e. The van der Waals surface area contributed by atoms with Crippen molar-refractivity contribution in [1.29, 1.82) is 0 Å². The summed E-state index contributed by atoms with van der Waals surface area (Å²) in [5, 5.41) is 8.93. The van der Waals surface area contributed by atoms with E-state index in [1.807, 2.05) is 0 Å². The van der Waals surface area contributed by atoms with E-state index in [4.69, 9.17) is 5.11 Å². The Morgan fingerprint density at radius 2 is 2.00 bits per heavy atom. The molecule has 1 aromatic rings. The van der Waals surface area contributed by atoms with Crippen LogP contribution in [0.3, 0.4) is 0 Å². The predicted molar refractivity (Wildman–Crippen MR) is 75.6 cm³/mol. The molecule has 0 saturated carbocycles. The summed E-state index contributed by atoms with van der Waals surface area (Å²) >= 11 is 0. The zero-order chi connectivity index (χ0) is 12.6. The first-order valence-electron chi connectivity index (χ1n) is 7.25. The Kier molecular flexibility index (Phi) is 5.69. The first-order chi connectivity index (χ1) is 8.88. The molecule has 1 unspecified atom stereocenters. The van der Waals surface area contributed by atoms with Gasteiger partial charge in [-0.1, -0.05) is 30.3 Å². The monoisotopic (exact) mass is 247 g/mol. The van der Waals surface area contributed by atoms with Crippen molar-refractivity contribution in [1.82, 2.24) is 4.90 Å². The first-order valence-corrected chi connectivity index (χ1v) is 7.25. The minimum Gasteiger partial charge on any atom is -0.396 e. The van der Waals surface area contributed by atoms with E-state index >= 15 is 0 Å². The Hall–Kier alpha value is -0.860. The zero-order valence-corrected chi connectivity index (χ0v) is 11.2. The van der Waals surface area contributed by atoms with Crippen LogP contribution in [0.4, 0.5) is 0 Å². The van der Waals surface area contributed by atoms with Crippen LogP contribution in [-0.2, 0) is 6.42 Å². The SMILES string of the molecule is OCCC1CCN(CCCCc2ccccc2)C1. The van der Waals surface area contributed by atoms with E-state index in [-0.39, 0.29) is 0 Å². The summed E-state index contributed by atoms with van der Waals surface area (Å²) in [6.45, 7) is 4.02. The minimum atomic E-state index is 0.354. The molecule has 1 saturated heterocycles. The molecule has 1 aliphatic heterocycles. The number of aliphatic hydroxyl groups excluding tert-OH is 1. The predicted octanol–water partition coefficient (Wildman–Crippen LogP) is 2.71. The molecule has 0 aliphatic carbocycles. The van der Waals surface area contributed by atoms with Crippen molar-refractivity contribution in [3.63, 3.8) is 0 Å². The summed E-state index contributed by atoms with van der Waals surface area (Å²) in [6, 6.07) is 10.7. The van der Waals surface area contributed by atoms with Gasteiger partial charge in [-0.2, -0.15) is 0 Å². The fraction of sp³-hybridized carbons (Fsp3) is 0.625. The van der Waals surface area contributed by atoms with Gasteiger partial charge in [0.25, 0.3) is 0 Å². The van der Waals surface area contributed by atoms with E-state index in [0.717, 1.165) is 12.3 Å². The molecular formula is C16H25NO. The molecule has 0 radical (unpaired) electrons. The fourth-order valence-electron chi connectivity index (χ4n) is 2.84.